The van der Waals surface area contributed by atoms with Crippen molar-refractivity contribution in [2.24, 2.45) is 0 Å². The molecule has 2 aliphatic heterocycles. The van der Waals surface area contributed by atoms with Gasteiger partial charge in [0, 0.05) is 24.2 Å². The van der Waals surface area contributed by atoms with Gasteiger partial charge in [-0.2, -0.15) is 5.06 Å². The molecule has 0 bridgehead atoms. The molecule has 0 aromatic heterocycles. The second kappa shape index (κ2) is 5.08. The minimum Gasteiger partial charge on any atom is -0.784 e. The molecule has 2 saturated heterocycles. The van der Waals surface area contributed by atoms with Crippen LogP contribution in [0.4, 0.5) is 0 Å². The molecule has 0 unspecified atom stereocenters. The van der Waals surface area contributed by atoms with Gasteiger partial charge >= 0.3 is 0 Å². The van der Waals surface area contributed by atoms with Gasteiger partial charge in [0.1, 0.15) is 0 Å². The highest BCUT2D eigenvalue weighted by atomic mass is 16.7. The maximum atomic E-state index is 12.3. The summed E-state index contributed by atoms with van der Waals surface area (Å²) in [5, 5.41) is 15.6. The Bertz CT molecular complexity index is 268. The molecule has 2 aliphatic rings. The molecule has 2 rings (SSSR count). The number of rotatable bonds is 2. The van der Waals surface area contributed by atoms with Crippen LogP contribution >= 0.6 is 0 Å². The average Bonchev–Trinajstić information content (AvgIpc) is 2.26. The summed E-state index contributed by atoms with van der Waals surface area (Å²) in [6.45, 7) is 10.2. The quantitative estimate of drug-likeness (QED) is 0.760. The smallest absolute Gasteiger partial charge is 0.0827 e. The van der Waals surface area contributed by atoms with E-state index >= 15 is 0 Å². The van der Waals surface area contributed by atoms with Crippen LogP contribution in [0.2, 0.25) is 0 Å². The monoisotopic (exact) mass is 255 g/mol. The maximum Gasteiger partial charge on any atom is 0.0827 e. The van der Waals surface area contributed by atoms with Gasteiger partial charge in [0.2, 0.25) is 0 Å². The molecule has 0 amide bonds. The predicted octanol–water partition coefficient (Wildman–Crippen LogP) is 2.92. The van der Waals surface area contributed by atoms with Gasteiger partial charge < -0.3 is 10.3 Å². The second-order valence-electron chi connectivity index (χ2n) is 7.04. The first-order valence-corrected chi connectivity index (χ1v) is 7.20. The number of hydrogen-bond acceptors (Lipinski definition) is 4. The third kappa shape index (κ3) is 3.05. The highest BCUT2D eigenvalue weighted by Gasteiger charge is 2.41. The Morgan fingerprint density at radius 3 is 1.94 bits per heavy atom. The van der Waals surface area contributed by atoms with E-state index in [4.69, 9.17) is 4.84 Å². The van der Waals surface area contributed by atoms with E-state index in [1.165, 1.54) is 24.3 Å². The van der Waals surface area contributed by atoms with Crippen LogP contribution in [0.5, 0.6) is 0 Å². The van der Waals surface area contributed by atoms with Gasteiger partial charge in [0.15, 0.2) is 0 Å². The Morgan fingerprint density at radius 2 is 1.44 bits per heavy atom. The van der Waals surface area contributed by atoms with Crippen molar-refractivity contribution in [3.8, 4) is 0 Å². The lowest BCUT2D eigenvalue weighted by atomic mass is 9.80. The molecule has 0 aromatic carbocycles. The fraction of sp³-hybridized carbons (Fsp3) is 1.00. The number of nitrogens with zero attached hydrogens (tertiary/aromatic N) is 2. The molecule has 18 heavy (non-hydrogen) atoms. The van der Waals surface area contributed by atoms with Crippen molar-refractivity contribution in [2.45, 2.75) is 77.0 Å². The zero-order valence-electron chi connectivity index (χ0n) is 12.2. The highest BCUT2D eigenvalue weighted by molar-refractivity contribution is 5.00. The van der Waals surface area contributed by atoms with Crippen LogP contribution < -0.4 is 0 Å². The van der Waals surface area contributed by atoms with E-state index < -0.39 is 0 Å². The van der Waals surface area contributed by atoms with E-state index in [-0.39, 0.29) is 17.2 Å². The predicted molar refractivity (Wildman–Crippen MR) is 72.9 cm³/mol. The molecular weight excluding hydrogens is 228 g/mol. The summed E-state index contributed by atoms with van der Waals surface area (Å²) in [6.07, 6.45) is 5.58. The van der Waals surface area contributed by atoms with Gasteiger partial charge in [-0.15, -0.1) is 0 Å². The van der Waals surface area contributed by atoms with Crippen molar-refractivity contribution in [3.05, 3.63) is 5.21 Å². The summed E-state index contributed by atoms with van der Waals surface area (Å²) in [5.74, 6) is 0. The summed E-state index contributed by atoms with van der Waals surface area (Å²) in [5.41, 5.74) is -0.662. The Morgan fingerprint density at radius 1 is 0.944 bits per heavy atom. The normalized spacial score (nSPS) is 30.5. The van der Waals surface area contributed by atoms with Crippen molar-refractivity contribution < 1.29 is 4.84 Å². The van der Waals surface area contributed by atoms with Crippen molar-refractivity contribution in [1.29, 1.82) is 0 Å². The molecule has 0 N–H and O–H groups in total. The zero-order valence-corrected chi connectivity index (χ0v) is 12.2. The Labute approximate surface area is 111 Å². The van der Waals surface area contributed by atoms with E-state index in [9.17, 15) is 5.21 Å². The molecule has 4 heteroatoms. The minimum atomic E-state index is -0.331. The van der Waals surface area contributed by atoms with Gasteiger partial charge in [-0.25, -0.2) is 0 Å². The largest absolute Gasteiger partial charge is 0.784 e. The zero-order chi connectivity index (χ0) is 13.4. The molecule has 2 heterocycles. The van der Waals surface area contributed by atoms with Crippen LogP contribution in [0, 0.1) is 5.21 Å². The van der Waals surface area contributed by atoms with Crippen LogP contribution in [0.25, 0.3) is 0 Å². The maximum absolute atomic E-state index is 12.3. The molecule has 106 valence electrons. The number of piperidine rings is 2. The summed E-state index contributed by atoms with van der Waals surface area (Å²) < 4.78 is 0. The lowest BCUT2D eigenvalue weighted by Gasteiger charge is -2.59. The Kier molecular flexibility index (Phi) is 4.02. The van der Waals surface area contributed by atoms with Crippen LogP contribution in [-0.4, -0.2) is 40.4 Å². The average molecular weight is 255 g/mol. The third-order valence-electron chi connectivity index (χ3n) is 4.17. The summed E-state index contributed by atoms with van der Waals surface area (Å²) in [4.78, 5) is 6.12. The first-order chi connectivity index (χ1) is 8.31. The van der Waals surface area contributed by atoms with Gasteiger partial charge in [0.05, 0.1) is 6.10 Å². The van der Waals surface area contributed by atoms with Crippen molar-refractivity contribution >= 4 is 0 Å². The van der Waals surface area contributed by atoms with Crippen LogP contribution in [0.3, 0.4) is 0 Å². The highest BCUT2D eigenvalue weighted by Crippen LogP contribution is 2.39. The van der Waals surface area contributed by atoms with Crippen LogP contribution in [0.1, 0.15) is 59.8 Å². The molecule has 0 radical (unpaired) electrons. The molecule has 4 nitrogen and oxygen atoms in total. The summed E-state index contributed by atoms with van der Waals surface area (Å²) in [7, 11) is 0. The fourth-order valence-corrected chi connectivity index (χ4v) is 3.43. The standard InChI is InChI=1S/C14H27N2O2/c1-13(2)10-12(11-14(3,4)16(13)17)18-15-8-6-5-7-9-15/h12H,5-11H2,1-4H3/q-1. The molecule has 0 atom stereocenters. The van der Waals surface area contributed by atoms with Gasteiger partial charge in [0.25, 0.3) is 0 Å². The molecule has 0 saturated carbocycles. The van der Waals surface area contributed by atoms with E-state index in [1.54, 1.807) is 0 Å². The van der Waals surface area contributed by atoms with Crippen LogP contribution in [0.15, 0.2) is 0 Å². The first-order valence-electron chi connectivity index (χ1n) is 7.20. The van der Waals surface area contributed by atoms with Crippen LogP contribution in [-0.2, 0) is 4.84 Å². The molecule has 0 spiro atoms. The van der Waals surface area contributed by atoms with E-state index in [2.05, 4.69) is 5.06 Å². The lowest BCUT2D eigenvalue weighted by Crippen LogP contribution is -2.60. The van der Waals surface area contributed by atoms with E-state index in [0.717, 1.165) is 25.9 Å². The molecule has 2 fully saturated rings. The van der Waals surface area contributed by atoms with Gasteiger partial charge in [-0.05, 0) is 53.4 Å². The Hall–Kier alpha value is -0.160. The topological polar surface area (TPSA) is 38.8 Å². The number of hydroxylamine groups is 4. The SMILES string of the molecule is CC1(C)CC(ON2CCCCC2)CC(C)(C)N1[O-]. The fourth-order valence-electron chi connectivity index (χ4n) is 3.43. The summed E-state index contributed by atoms with van der Waals surface area (Å²) >= 11 is 0. The van der Waals surface area contributed by atoms with E-state index in [0.29, 0.717) is 0 Å². The summed E-state index contributed by atoms with van der Waals surface area (Å²) in [6, 6.07) is 0. The van der Waals surface area contributed by atoms with Crippen molar-refractivity contribution in [2.75, 3.05) is 13.1 Å². The van der Waals surface area contributed by atoms with Gasteiger partial charge in [-0.3, -0.25) is 4.84 Å². The second-order valence-corrected chi connectivity index (χ2v) is 7.04. The lowest BCUT2D eigenvalue weighted by molar-refractivity contribution is -0.233. The molecular formula is C14H27N2O2-. The first kappa shape index (κ1) is 14.3. The molecule has 0 aliphatic carbocycles. The third-order valence-corrected chi connectivity index (χ3v) is 4.17. The van der Waals surface area contributed by atoms with Crippen molar-refractivity contribution in [1.82, 2.24) is 10.1 Å². The minimum absolute atomic E-state index is 0.179. The number of hydrogen-bond donors (Lipinski definition) is 0. The van der Waals surface area contributed by atoms with Crippen molar-refractivity contribution in [3.63, 3.8) is 0 Å². The molecule has 0 aromatic rings. The Balaban J connectivity index is 1.97. The van der Waals surface area contributed by atoms with Gasteiger partial charge in [-0.1, -0.05) is 6.42 Å². The van der Waals surface area contributed by atoms with E-state index in [1.807, 2.05) is 27.7 Å².